The second-order valence-corrected chi connectivity index (χ2v) is 17.7. The molecule has 15 rings (SSSR count). The molecule has 5 aromatic heterocycles. The van der Waals surface area contributed by atoms with E-state index in [1.54, 1.807) is 0 Å². The fourth-order valence-electron chi connectivity index (χ4n) is 11.8. The average Bonchev–Trinajstić information content (AvgIpc) is 4.21. The summed E-state index contributed by atoms with van der Waals surface area (Å²) >= 11 is 0. The number of para-hydroxylation sites is 8. The fourth-order valence-corrected chi connectivity index (χ4v) is 11.8. The second kappa shape index (κ2) is 13.9. The Hall–Kier alpha value is -9.82. The Morgan fingerprint density at radius 1 is 0.333 bits per heavy atom. The van der Waals surface area contributed by atoms with Crippen LogP contribution in [0.25, 0.3) is 137 Å². The third kappa shape index (κ3) is 4.82. The Bertz CT molecular complexity index is 4660. The molecule has 69 heavy (non-hydrogen) atoms. The molecule has 0 radical (unpaired) electrons. The maximum absolute atomic E-state index is 12.2. The van der Waals surface area contributed by atoms with Crippen molar-refractivity contribution in [1.29, 1.82) is 5.26 Å². The highest BCUT2D eigenvalue weighted by Crippen LogP contribution is 2.52. The predicted molar refractivity (Wildman–Crippen MR) is 282 cm³/mol. The van der Waals surface area contributed by atoms with Crippen molar-refractivity contribution in [3.8, 4) is 28.8 Å². The van der Waals surface area contributed by atoms with Crippen molar-refractivity contribution in [2.45, 2.75) is 0 Å². The van der Waals surface area contributed by atoms with Gasteiger partial charge in [-0.25, -0.2) is 4.85 Å². The minimum Gasteiger partial charge on any atom is -0.456 e. The SMILES string of the molecule is [C-]#[N+]c1c(C#N)c(-n2c3ccccc3c3c4c(ccc32)oc2ccccc24)c(-n2c3ccccc3c3ccccc32)c(-n2c3ccccc3c3ccccc32)c1-n1c2ccccc2c2ccccc21. The van der Waals surface area contributed by atoms with E-state index in [1.807, 2.05) is 12.1 Å². The van der Waals surface area contributed by atoms with Crippen LogP contribution < -0.4 is 0 Å². The van der Waals surface area contributed by atoms with Crippen LogP contribution in [0.1, 0.15) is 5.56 Å². The zero-order valence-electron chi connectivity index (χ0n) is 36.7. The van der Waals surface area contributed by atoms with Crippen LogP contribution in [0.15, 0.2) is 211 Å². The van der Waals surface area contributed by atoms with Gasteiger partial charge in [-0.15, -0.1) is 0 Å². The van der Waals surface area contributed by atoms with Gasteiger partial charge < -0.3 is 22.7 Å². The van der Waals surface area contributed by atoms with Crippen LogP contribution in [0.4, 0.5) is 5.69 Å². The molecular weight excluding hydrogens is 845 g/mol. The van der Waals surface area contributed by atoms with Crippen molar-refractivity contribution in [3.63, 3.8) is 0 Å². The minimum absolute atomic E-state index is 0.251. The molecule has 7 nitrogen and oxygen atoms in total. The number of nitriles is 1. The first-order valence-electron chi connectivity index (χ1n) is 23.0. The predicted octanol–water partition coefficient (Wildman–Crippen LogP) is 16.4. The lowest BCUT2D eigenvalue weighted by molar-refractivity contribution is 0.669. The van der Waals surface area contributed by atoms with E-state index >= 15 is 0 Å². The summed E-state index contributed by atoms with van der Waals surface area (Å²) in [5.74, 6) is 0. The summed E-state index contributed by atoms with van der Waals surface area (Å²) in [6.45, 7) is 9.45. The average molecular weight is 879 g/mol. The molecule has 0 aliphatic carbocycles. The first kappa shape index (κ1) is 37.4. The van der Waals surface area contributed by atoms with Crippen LogP contribution in [0.5, 0.6) is 0 Å². The first-order chi connectivity index (χ1) is 34.2. The Balaban J connectivity index is 1.29. The molecule has 0 bridgehead atoms. The number of benzene rings is 10. The molecule has 0 unspecified atom stereocenters. The molecule has 0 fully saturated rings. The molecule has 318 valence electrons. The lowest BCUT2D eigenvalue weighted by atomic mass is 10.0. The van der Waals surface area contributed by atoms with E-state index < -0.39 is 0 Å². The third-order valence-corrected chi connectivity index (χ3v) is 14.4. The maximum Gasteiger partial charge on any atom is 0.232 e. The topological polar surface area (TPSA) is 61.0 Å². The van der Waals surface area contributed by atoms with E-state index in [0.29, 0.717) is 11.4 Å². The Morgan fingerprint density at radius 3 is 1.12 bits per heavy atom. The van der Waals surface area contributed by atoms with E-state index in [4.69, 9.17) is 4.42 Å². The lowest BCUT2D eigenvalue weighted by Gasteiger charge is -2.28. The van der Waals surface area contributed by atoms with Gasteiger partial charge in [-0.3, -0.25) is 0 Å². The quantitative estimate of drug-likeness (QED) is 0.165. The molecule has 0 spiro atoms. The molecule has 15 aromatic rings. The third-order valence-electron chi connectivity index (χ3n) is 14.4. The van der Waals surface area contributed by atoms with E-state index in [2.05, 4.69) is 223 Å². The van der Waals surface area contributed by atoms with E-state index in [-0.39, 0.29) is 11.3 Å². The first-order valence-corrected chi connectivity index (χ1v) is 23.0. The summed E-state index contributed by atoms with van der Waals surface area (Å²) in [6.07, 6.45) is 0. The molecule has 7 heteroatoms. The summed E-state index contributed by atoms with van der Waals surface area (Å²) in [7, 11) is 0. The molecule has 0 amide bonds. The Labute approximate surface area is 393 Å². The second-order valence-electron chi connectivity index (χ2n) is 17.7. The number of fused-ring (bicyclic) bond motifs is 16. The van der Waals surface area contributed by atoms with Gasteiger partial charge in [0.2, 0.25) is 5.69 Å². The maximum atomic E-state index is 12.2. The molecule has 0 N–H and O–H groups in total. The number of furan rings is 1. The fraction of sp³-hybridized carbons (Fsp3) is 0. The molecular formula is C62H34N6O. The highest BCUT2D eigenvalue weighted by molar-refractivity contribution is 6.28. The molecule has 0 aliphatic rings. The Morgan fingerprint density at radius 2 is 0.681 bits per heavy atom. The molecule has 0 saturated carbocycles. The number of hydrogen-bond donors (Lipinski definition) is 0. The van der Waals surface area contributed by atoms with Crippen LogP contribution >= 0.6 is 0 Å². The van der Waals surface area contributed by atoms with Crippen molar-refractivity contribution in [3.05, 3.63) is 223 Å². The van der Waals surface area contributed by atoms with Crippen LogP contribution in [0.3, 0.4) is 0 Å². The summed E-state index contributed by atoms with van der Waals surface area (Å²) < 4.78 is 15.8. The van der Waals surface area contributed by atoms with Crippen LogP contribution in [-0.4, -0.2) is 18.3 Å². The van der Waals surface area contributed by atoms with Crippen LogP contribution in [-0.2, 0) is 0 Å². The highest BCUT2D eigenvalue weighted by atomic mass is 16.3. The standard InChI is InChI=1S/C62H34N6O/c1-64-58-45(36-63)59(68-52-32-16-8-24-43(52)56-53(68)34-35-55-57(56)44-25-9-17-33-54(44)69-55)61(66-48-28-12-4-20-39(48)40-21-5-13-29-49(40)66)62(67-50-30-14-6-22-41(50)42-23-7-15-31-51(42)67)60(58)65-46-26-10-2-18-37(46)38-19-3-11-27-47(38)65/h2-35H. The van der Waals surface area contributed by atoms with Gasteiger partial charge in [0.05, 0.1) is 85.1 Å². The normalized spacial score (nSPS) is 12.0. The lowest BCUT2D eigenvalue weighted by Crippen LogP contribution is -2.15. The van der Waals surface area contributed by atoms with Crippen molar-refractivity contribution < 1.29 is 4.42 Å². The van der Waals surface area contributed by atoms with Crippen molar-refractivity contribution in [2.75, 3.05) is 0 Å². The summed E-state index contributed by atoms with van der Waals surface area (Å²) in [4.78, 5) is 4.56. The van der Waals surface area contributed by atoms with Crippen LogP contribution in [0, 0.1) is 17.9 Å². The number of aromatic nitrogens is 4. The van der Waals surface area contributed by atoms with Crippen LogP contribution in [0.2, 0.25) is 0 Å². The minimum atomic E-state index is 0.251. The van der Waals surface area contributed by atoms with Gasteiger partial charge in [-0.2, -0.15) is 5.26 Å². The van der Waals surface area contributed by atoms with Gasteiger partial charge in [0.25, 0.3) is 0 Å². The summed E-state index contributed by atoms with van der Waals surface area (Å²) in [5, 5.41) is 22.6. The zero-order chi connectivity index (χ0) is 45.5. The van der Waals surface area contributed by atoms with E-state index in [1.165, 1.54) is 0 Å². The van der Waals surface area contributed by atoms with E-state index in [0.717, 1.165) is 121 Å². The zero-order valence-corrected chi connectivity index (χ0v) is 36.7. The molecule has 0 aliphatic heterocycles. The summed E-state index contributed by atoms with van der Waals surface area (Å²) in [6, 6.07) is 74.5. The number of nitrogens with zero attached hydrogens (tertiary/aromatic N) is 6. The summed E-state index contributed by atoms with van der Waals surface area (Å²) in [5.41, 5.74) is 12.4. The van der Waals surface area contributed by atoms with Crippen molar-refractivity contribution >= 4 is 115 Å². The molecule has 10 aromatic carbocycles. The van der Waals surface area contributed by atoms with Crippen molar-refractivity contribution in [2.24, 2.45) is 0 Å². The number of rotatable bonds is 4. The van der Waals surface area contributed by atoms with Gasteiger partial charge >= 0.3 is 0 Å². The van der Waals surface area contributed by atoms with E-state index in [9.17, 15) is 11.8 Å². The molecule has 0 atom stereocenters. The Kier molecular flexibility index (Phi) is 7.51. The van der Waals surface area contributed by atoms with Gasteiger partial charge in [-0.1, -0.05) is 146 Å². The van der Waals surface area contributed by atoms with Crippen molar-refractivity contribution in [1.82, 2.24) is 18.3 Å². The van der Waals surface area contributed by atoms with Gasteiger partial charge in [-0.05, 0) is 60.7 Å². The molecule has 5 heterocycles. The van der Waals surface area contributed by atoms with Gasteiger partial charge in [0.15, 0.2) is 0 Å². The number of hydrogen-bond acceptors (Lipinski definition) is 2. The monoisotopic (exact) mass is 878 g/mol. The highest BCUT2D eigenvalue weighted by Gasteiger charge is 2.35. The molecule has 0 saturated heterocycles. The largest absolute Gasteiger partial charge is 0.456 e. The van der Waals surface area contributed by atoms with Gasteiger partial charge in [0.1, 0.15) is 11.2 Å². The van der Waals surface area contributed by atoms with Gasteiger partial charge in [0, 0.05) is 53.9 Å². The smallest absolute Gasteiger partial charge is 0.232 e.